The second kappa shape index (κ2) is 4.45. The van der Waals surface area contributed by atoms with Crippen LogP contribution in [0.4, 0.5) is 0 Å². The number of aryl methyl sites for hydroxylation is 2. The van der Waals surface area contributed by atoms with Gasteiger partial charge in [-0.2, -0.15) is 15.4 Å². The van der Waals surface area contributed by atoms with Gasteiger partial charge in [-0.05, 0) is 32.0 Å². The van der Waals surface area contributed by atoms with Crippen molar-refractivity contribution in [1.82, 2.24) is 20.0 Å². The predicted molar refractivity (Wildman–Crippen MR) is 85.2 cm³/mol. The molecule has 104 valence electrons. The first kappa shape index (κ1) is 12.1. The normalized spacial score (nSPS) is 11.5. The van der Waals surface area contributed by atoms with Gasteiger partial charge in [-0.15, -0.1) is 0 Å². The van der Waals surface area contributed by atoms with Crippen LogP contribution in [0.2, 0.25) is 0 Å². The lowest BCUT2D eigenvalue weighted by molar-refractivity contribution is 0.827. The Kier molecular flexibility index (Phi) is 2.57. The maximum atomic E-state index is 4.26. The Morgan fingerprint density at radius 3 is 2.57 bits per heavy atom. The minimum atomic E-state index is 0.922. The van der Waals surface area contributed by atoms with E-state index in [-0.39, 0.29) is 0 Å². The monoisotopic (exact) mass is 276 g/mol. The fourth-order valence-electron chi connectivity index (χ4n) is 3.10. The van der Waals surface area contributed by atoms with Crippen molar-refractivity contribution in [2.24, 2.45) is 0 Å². The third kappa shape index (κ3) is 1.69. The molecule has 0 spiro atoms. The lowest BCUT2D eigenvalue weighted by atomic mass is 10.1. The zero-order chi connectivity index (χ0) is 14.4. The van der Waals surface area contributed by atoms with Crippen LogP contribution in [0.5, 0.6) is 0 Å². The van der Waals surface area contributed by atoms with Crippen molar-refractivity contribution in [3.63, 3.8) is 0 Å². The number of hydrogen-bond donors (Lipinski definition) is 1. The summed E-state index contributed by atoms with van der Waals surface area (Å²) in [6.45, 7) is 5.12. The summed E-state index contributed by atoms with van der Waals surface area (Å²) in [4.78, 5) is 0. The largest absolute Gasteiger partial charge is 0.341 e. The van der Waals surface area contributed by atoms with Crippen molar-refractivity contribution in [3.8, 4) is 11.3 Å². The van der Waals surface area contributed by atoms with E-state index in [1.165, 1.54) is 21.8 Å². The lowest BCUT2D eigenvalue weighted by Gasteiger charge is -2.03. The molecule has 2 aromatic carbocycles. The molecule has 0 fully saturated rings. The third-order valence-corrected chi connectivity index (χ3v) is 4.08. The highest BCUT2D eigenvalue weighted by atomic mass is 15.3. The van der Waals surface area contributed by atoms with Gasteiger partial charge in [0.2, 0.25) is 0 Å². The van der Waals surface area contributed by atoms with Crippen LogP contribution in [0.3, 0.4) is 0 Å². The molecule has 4 heteroatoms. The van der Waals surface area contributed by atoms with Crippen LogP contribution in [0.25, 0.3) is 33.1 Å². The number of benzene rings is 2. The predicted octanol–water partition coefficient (Wildman–Crippen LogP) is 3.91. The lowest BCUT2D eigenvalue weighted by Crippen LogP contribution is -1.92. The summed E-state index contributed by atoms with van der Waals surface area (Å²) in [7, 11) is 0. The number of hydrogen-bond acceptors (Lipinski definition) is 2. The molecule has 2 heterocycles. The minimum Gasteiger partial charge on any atom is -0.341 e. The number of aromatic amines is 1. The Labute approximate surface area is 122 Å². The Morgan fingerprint density at radius 2 is 1.81 bits per heavy atom. The molecule has 21 heavy (non-hydrogen) atoms. The number of nitrogens with one attached hydrogen (secondary N) is 1. The smallest absolute Gasteiger partial charge is 0.115 e. The molecule has 4 aromatic rings. The van der Waals surface area contributed by atoms with Crippen LogP contribution in [-0.4, -0.2) is 20.0 Å². The van der Waals surface area contributed by atoms with Crippen LogP contribution in [0.15, 0.2) is 42.5 Å². The van der Waals surface area contributed by atoms with Crippen LogP contribution in [-0.2, 0) is 6.54 Å². The number of fused-ring (bicyclic) bond motifs is 3. The van der Waals surface area contributed by atoms with E-state index in [1.54, 1.807) is 0 Å². The average Bonchev–Trinajstić information content (AvgIpc) is 3.08. The standard InChI is InChI=1S/C17H16N4/c1-3-21-15-7-5-4-6-13(15)14-10-12(8-9-16(14)21)17-11(2)18-20-19-17/h4-10H,3H2,1-2H3,(H,18,19,20). The van der Waals surface area contributed by atoms with Crippen molar-refractivity contribution >= 4 is 21.8 Å². The molecule has 1 N–H and O–H groups in total. The first-order valence-electron chi connectivity index (χ1n) is 7.18. The highest BCUT2D eigenvalue weighted by Crippen LogP contribution is 2.32. The molecule has 0 aliphatic carbocycles. The highest BCUT2D eigenvalue weighted by molar-refractivity contribution is 6.09. The molecule has 0 unspecified atom stereocenters. The zero-order valence-corrected chi connectivity index (χ0v) is 12.1. The Balaban J connectivity index is 2.08. The van der Waals surface area contributed by atoms with Crippen molar-refractivity contribution < 1.29 is 0 Å². The van der Waals surface area contributed by atoms with Crippen molar-refractivity contribution in [1.29, 1.82) is 0 Å². The van der Waals surface area contributed by atoms with Gasteiger partial charge >= 0.3 is 0 Å². The number of aromatic nitrogens is 4. The third-order valence-electron chi connectivity index (χ3n) is 4.08. The summed E-state index contributed by atoms with van der Waals surface area (Å²) in [5.74, 6) is 0. The highest BCUT2D eigenvalue weighted by Gasteiger charge is 2.12. The molecule has 2 aromatic heterocycles. The first-order chi connectivity index (χ1) is 10.3. The molecular weight excluding hydrogens is 260 g/mol. The molecule has 0 radical (unpaired) electrons. The molecule has 0 bridgehead atoms. The molecule has 0 saturated heterocycles. The molecule has 0 amide bonds. The summed E-state index contributed by atoms with van der Waals surface area (Å²) in [5, 5.41) is 13.6. The van der Waals surface area contributed by atoms with Gasteiger partial charge in [-0.25, -0.2) is 0 Å². The minimum absolute atomic E-state index is 0.922. The van der Waals surface area contributed by atoms with Gasteiger partial charge in [0.1, 0.15) is 5.69 Å². The molecule has 4 rings (SSSR count). The van der Waals surface area contributed by atoms with Gasteiger partial charge in [0.25, 0.3) is 0 Å². The molecule has 0 saturated carbocycles. The van der Waals surface area contributed by atoms with Gasteiger partial charge in [0, 0.05) is 33.9 Å². The SMILES string of the molecule is CCn1c2ccccc2c2cc(-c3n[nH]nc3C)ccc21. The fourth-order valence-corrected chi connectivity index (χ4v) is 3.10. The van der Waals surface area contributed by atoms with Crippen LogP contribution < -0.4 is 0 Å². The van der Waals surface area contributed by atoms with Gasteiger partial charge in [0.05, 0.1) is 5.69 Å². The number of H-pyrrole nitrogens is 1. The second-order valence-electron chi connectivity index (χ2n) is 5.25. The molecular formula is C17H16N4. The summed E-state index contributed by atoms with van der Waals surface area (Å²) in [6.07, 6.45) is 0. The van der Waals surface area contributed by atoms with Crippen LogP contribution in [0, 0.1) is 6.92 Å². The molecule has 4 nitrogen and oxygen atoms in total. The van der Waals surface area contributed by atoms with E-state index in [0.29, 0.717) is 0 Å². The number of rotatable bonds is 2. The average molecular weight is 276 g/mol. The van der Waals surface area contributed by atoms with E-state index in [4.69, 9.17) is 0 Å². The van der Waals surface area contributed by atoms with E-state index in [2.05, 4.69) is 69.4 Å². The fraction of sp³-hybridized carbons (Fsp3) is 0.176. The number of para-hydroxylation sites is 1. The summed E-state index contributed by atoms with van der Waals surface area (Å²) in [6, 6.07) is 15.1. The Morgan fingerprint density at radius 1 is 1.00 bits per heavy atom. The van der Waals surface area contributed by atoms with Gasteiger partial charge < -0.3 is 4.57 Å². The summed E-state index contributed by atoms with van der Waals surface area (Å²) < 4.78 is 2.35. The maximum absolute atomic E-state index is 4.26. The molecule has 0 atom stereocenters. The first-order valence-corrected chi connectivity index (χ1v) is 7.18. The van der Waals surface area contributed by atoms with Gasteiger partial charge in [0.15, 0.2) is 0 Å². The molecule has 0 aliphatic heterocycles. The van der Waals surface area contributed by atoms with E-state index in [9.17, 15) is 0 Å². The van der Waals surface area contributed by atoms with Gasteiger partial charge in [-0.1, -0.05) is 24.3 Å². The van der Waals surface area contributed by atoms with E-state index in [0.717, 1.165) is 23.5 Å². The summed E-state index contributed by atoms with van der Waals surface area (Å²) >= 11 is 0. The second-order valence-corrected chi connectivity index (χ2v) is 5.25. The van der Waals surface area contributed by atoms with E-state index >= 15 is 0 Å². The van der Waals surface area contributed by atoms with Crippen molar-refractivity contribution in [2.75, 3.05) is 0 Å². The number of nitrogens with zero attached hydrogens (tertiary/aromatic N) is 3. The quantitative estimate of drug-likeness (QED) is 0.603. The maximum Gasteiger partial charge on any atom is 0.115 e. The Hall–Kier alpha value is -2.62. The zero-order valence-electron chi connectivity index (χ0n) is 12.1. The van der Waals surface area contributed by atoms with Crippen LogP contribution >= 0.6 is 0 Å². The van der Waals surface area contributed by atoms with Crippen LogP contribution in [0.1, 0.15) is 12.6 Å². The van der Waals surface area contributed by atoms with Gasteiger partial charge in [-0.3, -0.25) is 0 Å². The Bertz CT molecular complexity index is 946. The topological polar surface area (TPSA) is 46.5 Å². The summed E-state index contributed by atoms with van der Waals surface area (Å²) in [5.41, 5.74) is 5.50. The molecule has 0 aliphatic rings. The van der Waals surface area contributed by atoms with Crippen molar-refractivity contribution in [2.45, 2.75) is 20.4 Å². The van der Waals surface area contributed by atoms with E-state index in [1.807, 2.05) is 6.92 Å². The van der Waals surface area contributed by atoms with Crippen molar-refractivity contribution in [3.05, 3.63) is 48.2 Å². The van der Waals surface area contributed by atoms with E-state index < -0.39 is 0 Å².